The highest BCUT2D eigenvalue weighted by molar-refractivity contribution is 5.92. The van der Waals surface area contributed by atoms with Crippen LogP contribution in [0.15, 0.2) is 24.3 Å². The van der Waals surface area contributed by atoms with Gasteiger partial charge in [-0.1, -0.05) is 18.2 Å². The van der Waals surface area contributed by atoms with Gasteiger partial charge in [-0.15, -0.1) is 0 Å². The summed E-state index contributed by atoms with van der Waals surface area (Å²) in [5.41, 5.74) is -0.351. The van der Waals surface area contributed by atoms with Crippen molar-refractivity contribution in [3.8, 4) is 0 Å². The highest BCUT2D eigenvalue weighted by atomic mass is 19.1. The summed E-state index contributed by atoms with van der Waals surface area (Å²) < 4.78 is 14.0. The lowest BCUT2D eigenvalue weighted by molar-refractivity contribution is -0.148. The molecule has 1 N–H and O–H groups in total. The van der Waals surface area contributed by atoms with Gasteiger partial charge in [0.25, 0.3) is 0 Å². The molecule has 1 amide bonds. The number of carbonyl (C=O) groups excluding carboxylic acids is 1. The van der Waals surface area contributed by atoms with E-state index in [1.165, 1.54) is 6.07 Å². The molecule has 1 aliphatic carbocycles. The van der Waals surface area contributed by atoms with E-state index in [4.69, 9.17) is 0 Å². The maximum absolute atomic E-state index is 14.0. The second-order valence-corrected chi connectivity index (χ2v) is 6.15. The Labute approximate surface area is 128 Å². The molecule has 0 spiro atoms. The molecule has 1 aromatic rings. The average Bonchev–Trinajstić information content (AvgIpc) is 3.29. The van der Waals surface area contributed by atoms with E-state index < -0.39 is 17.4 Å². The van der Waals surface area contributed by atoms with Gasteiger partial charge in [-0.25, -0.2) is 4.39 Å². The first-order valence-electron chi connectivity index (χ1n) is 7.43. The van der Waals surface area contributed by atoms with Crippen LogP contribution in [0.25, 0.3) is 0 Å². The topological polar surface area (TPSA) is 60.9 Å². The van der Waals surface area contributed by atoms with E-state index in [9.17, 15) is 19.1 Å². The van der Waals surface area contributed by atoms with Gasteiger partial charge < -0.3 is 10.0 Å². The summed E-state index contributed by atoms with van der Waals surface area (Å²) in [6.07, 6.45) is 1.24. The van der Waals surface area contributed by atoms with Crippen LogP contribution in [0, 0.1) is 5.82 Å². The third-order valence-electron chi connectivity index (χ3n) is 4.77. The number of carboxylic acids is 1. The maximum atomic E-state index is 14.0. The zero-order chi connectivity index (χ0) is 15.9. The van der Waals surface area contributed by atoms with Gasteiger partial charge in [-0.05, 0) is 26.0 Å². The zero-order valence-corrected chi connectivity index (χ0v) is 12.5. The molecular weight excluding hydrogens is 287 g/mol. The van der Waals surface area contributed by atoms with Crippen molar-refractivity contribution >= 4 is 11.9 Å². The predicted molar refractivity (Wildman–Crippen MR) is 77.9 cm³/mol. The number of hydrogen-bond acceptors (Lipinski definition) is 3. The number of amides is 1. The highest BCUT2D eigenvalue weighted by Gasteiger charge is 2.55. The number of likely N-dealkylation sites (N-methyl/N-ethyl adjacent to an activating group) is 1. The average molecular weight is 306 g/mol. The van der Waals surface area contributed by atoms with Crippen LogP contribution in [0.3, 0.4) is 0 Å². The molecule has 118 valence electrons. The van der Waals surface area contributed by atoms with Gasteiger partial charge in [0, 0.05) is 25.2 Å². The predicted octanol–water partition coefficient (Wildman–Crippen LogP) is 1.08. The Morgan fingerprint density at radius 3 is 2.55 bits per heavy atom. The number of aliphatic carboxylic acids is 1. The monoisotopic (exact) mass is 306 g/mol. The molecule has 0 bridgehead atoms. The summed E-state index contributed by atoms with van der Waals surface area (Å²) in [4.78, 5) is 27.5. The van der Waals surface area contributed by atoms with Crippen molar-refractivity contribution in [1.82, 2.24) is 9.80 Å². The molecule has 1 aliphatic heterocycles. The molecule has 1 aromatic carbocycles. The molecule has 0 aromatic heterocycles. The number of halogens is 1. The lowest BCUT2D eigenvalue weighted by atomic mass is 9.93. The van der Waals surface area contributed by atoms with Crippen LogP contribution < -0.4 is 0 Å². The number of carbonyl (C=O) groups is 2. The Hall–Kier alpha value is -1.95. The van der Waals surface area contributed by atoms with Gasteiger partial charge in [0.1, 0.15) is 11.9 Å². The van der Waals surface area contributed by atoms with Crippen molar-refractivity contribution in [1.29, 1.82) is 0 Å². The molecular formula is C16H19FN2O3. The lowest BCUT2D eigenvalue weighted by Crippen LogP contribution is -2.58. The summed E-state index contributed by atoms with van der Waals surface area (Å²) >= 11 is 0. The molecule has 2 fully saturated rings. The van der Waals surface area contributed by atoms with Crippen molar-refractivity contribution in [3.63, 3.8) is 0 Å². The molecule has 2 aliphatic rings. The maximum Gasteiger partial charge on any atom is 0.322 e. The van der Waals surface area contributed by atoms with Crippen molar-refractivity contribution < 1.29 is 19.1 Å². The first-order chi connectivity index (χ1) is 10.5. The summed E-state index contributed by atoms with van der Waals surface area (Å²) in [7, 11) is 1.74. The number of nitrogens with zero attached hydrogens (tertiary/aromatic N) is 2. The minimum Gasteiger partial charge on any atom is -0.480 e. The van der Waals surface area contributed by atoms with Gasteiger partial charge in [-0.3, -0.25) is 14.5 Å². The van der Waals surface area contributed by atoms with E-state index >= 15 is 0 Å². The number of piperazine rings is 1. The van der Waals surface area contributed by atoms with Crippen LogP contribution >= 0.6 is 0 Å². The van der Waals surface area contributed by atoms with Crippen LogP contribution in [0.5, 0.6) is 0 Å². The fraction of sp³-hybridized carbons (Fsp3) is 0.500. The van der Waals surface area contributed by atoms with Crippen LogP contribution in [0.4, 0.5) is 4.39 Å². The molecule has 1 heterocycles. The lowest BCUT2D eigenvalue weighted by Gasteiger charge is -2.38. The number of rotatable bonds is 3. The quantitative estimate of drug-likeness (QED) is 0.908. The Morgan fingerprint density at radius 1 is 1.27 bits per heavy atom. The minimum atomic E-state index is -0.935. The van der Waals surface area contributed by atoms with Crippen LogP contribution in [0.1, 0.15) is 18.4 Å². The smallest absolute Gasteiger partial charge is 0.322 e. The largest absolute Gasteiger partial charge is 0.480 e. The number of carboxylic acid groups (broad SMARTS) is 1. The zero-order valence-electron chi connectivity index (χ0n) is 12.5. The SMILES string of the molecule is CN1CCN(C(=O)C2(c3ccccc3F)CC2)CC1C(=O)O. The second kappa shape index (κ2) is 5.35. The van der Waals surface area contributed by atoms with E-state index in [0.29, 0.717) is 31.5 Å². The van der Waals surface area contributed by atoms with Crippen molar-refractivity contribution in [3.05, 3.63) is 35.6 Å². The Morgan fingerprint density at radius 2 is 1.95 bits per heavy atom. The van der Waals surface area contributed by atoms with Crippen molar-refractivity contribution in [2.24, 2.45) is 0 Å². The van der Waals surface area contributed by atoms with Gasteiger partial charge in [-0.2, -0.15) is 0 Å². The Kier molecular flexibility index (Phi) is 3.64. The summed E-state index contributed by atoms with van der Waals surface area (Å²) in [5, 5.41) is 9.25. The van der Waals surface area contributed by atoms with Crippen LogP contribution in [-0.4, -0.2) is 59.5 Å². The third kappa shape index (κ3) is 2.37. The standard InChI is InChI=1S/C16H19FN2O3/c1-18-8-9-19(10-13(18)14(20)21)15(22)16(6-7-16)11-4-2-3-5-12(11)17/h2-5,13H,6-10H2,1H3,(H,20,21). The molecule has 5 nitrogen and oxygen atoms in total. The molecule has 6 heteroatoms. The van der Waals surface area contributed by atoms with Gasteiger partial charge >= 0.3 is 5.97 Å². The van der Waals surface area contributed by atoms with Gasteiger partial charge in [0.15, 0.2) is 0 Å². The van der Waals surface area contributed by atoms with Gasteiger partial charge in [0.2, 0.25) is 5.91 Å². The highest BCUT2D eigenvalue weighted by Crippen LogP contribution is 2.50. The van der Waals surface area contributed by atoms with E-state index in [1.807, 2.05) is 0 Å². The van der Waals surface area contributed by atoms with Crippen molar-refractivity contribution in [2.45, 2.75) is 24.3 Å². The summed E-state index contributed by atoms with van der Waals surface area (Å²) in [5.74, 6) is -1.44. The normalized spacial score (nSPS) is 24.1. The summed E-state index contributed by atoms with van der Waals surface area (Å²) in [6.45, 7) is 1.15. The van der Waals surface area contributed by atoms with E-state index in [1.54, 1.807) is 35.0 Å². The molecule has 1 saturated carbocycles. The molecule has 1 unspecified atom stereocenters. The molecule has 1 atom stereocenters. The molecule has 1 saturated heterocycles. The number of benzene rings is 1. The molecule has 22 heavy (non-hydrogen) atoms. The van der Waals surface area contributed by atoms with Gasteiger partial charge in [0.05, 0.1) is 5.41 Å². The van der Waals surface area contributed by atoms with E-state index in [-0.39, 0.29) is 18.3 Å². The third-order valence-corrected chi connectivity index (χ3v) is 4.77. The first-order valence-corrected chi connectivity index (χ1v) is 7.43. The summed E-state index contributed by atoms with van der Waals surface area (Å²) in [6, 6.07) is 5.66. The Balaban J connectivity index is 1.82. The van der Waals surface area contributed by atoms with E-state index in [2.05, 4.69) is 0 Å². The number of hydrogen-bond donors (Lipinski definition) is 1. The fourth-order valence-corrected chi connectivity index (χ4v) is 3.20. The fourth-order valence-electron chi connectivity index (χ4n) is 3.20. The van der Waals surface area contributed by atoms with Crippen molar-refractivity contribution in [2.75, 3.05) is 26.7 Å². The Bertz CT molecular complexity index is 615. The minimum absolute atomic E-state index is 0.142. The van der Waals surface area contributed by atoms with E-state index in [0.717, 1.165) is 0 Å². The molecule has 3 rings (SSSR count). The van der Waals surface area contributed by atoms with Crippen LogP contribution in [-0.2, 0) is 15.0 Å². The van der Waals surface area contributed by atoms with Crippen LogP contribution in [0.2, 0.25) is 0 Å². The molecule has 0 radical (unpaired) electrons. The first kappa shape index (κ1) is 15.0. The second-order valence-electron chi connectivity index (χ2n) is 6.15.